The Bertz CT molecular complexity index is 638. The number of rotatable bonds is 3. The van der Waals surface area contributed by atoms with Gasteiger partial charge in [0.2, 0.25) is 0 Å². The van der Waals surface area contributed by atoms with Gasteiger partial charge in [0.05, 0.1) is 5.56 Å². The van der Waals surface area contributed by atoms with Gasteiger partial charge in [-0.2, -0.15) is 0 Å². The molecule has 0 atom stereocenters. The molecule has 0 aliphatic rings. The molecule has 0 aliphatic carbocycles. The van der Waals surface area contributed by atoms with Gasteiger partial charge in [0.1, 0.15) is 5.75 Å². The zero-order valence-electron chi connectivity index (χ0n) is 9.95. The van der Waals surface area contributed by atoms with Crippen molar-refractivity contribution in [2.24, 2.45) is 0 Å². The first-order valence-corrected chi connectivity index (χ1v) is 6.31. The highest BCUT2D eigenvalue weighted by Crippen LogP contribution is 2.28. The largest absolute Gasteiger partial charge is 0.573 e. The molecule has 0 saturated carbocycles. The fourth-order valence-electron chi connectivity index (χ4n) is 1.65. The average molecular weight is 345 g/mol. The van der Waals surface area contributed by atoms with E-state index in [1.807, 2.05) is 0 Å². The van der Waals surface area contributed by atoms with Crippen molar-refractivity contribution in [3.8, 4) is 5.75 Å². The molecule has 104 valence electrons. The van der Waals surface area contributed by atoms with E-state index in [1.165, 1.54) is 30.3 Å². The molecular weight excluding hydrogens is 337 g/mol. The second kappa shape index (κ2) is 5.66. The fraction of sp³-hybridized carbons (Fsp3) is 0.0714. The fourth-order valence-corrected chi connectivity index (χ4v) is 2.05. The second-order valence-corrected chi connectivity index (χ2v) is 4.80. The highest BCUT2D eigenvalue weighted by molar-refractivity contribution is 9.10. The van der Waals surface area contributed by atoms with E-state index < -0.39 is 17.9 Å². The zero-order chi connectivity index (χ0) is 14.8. The molecule has 0 fully saturated rings. The van der Waals surface area contributed by atoms with Crippen molar-refractivity contribution >= 4 is 21.7 Å². The molecule has 0 unspecified atom stereocenters. The molecule has 0 heterocycles. The van der Waals surface area contributed by atoms with Crippen LogP contribution in [0.1, 0.15) is 15.9 Å². The zero-order valence-corrected chi connectivity index (χ0v) is 11.5. The minimum Gasteiger partial charge on any atom is -0.405 e. The summed E-state index contributed by atoms with van der Waals surface area (Å²) in [6.07, 6.45) is -4.84. The topological polar surface area (TPSA) is 26.3 Å². The van der Waals surface area contributed by atoms with Crippen LogP contribution in [-0.2, 0) is 0 Å². The van der Waals surface area contributed by atoms with Gasteiger partial charge in [-0.3, -0.25) is 4.79 Å². The Morgan fingerprint density at radius 1 is 1.05 bits per heavy atom. The summed E-state index contributed by atoms with van der Waals surface area (Å²) in [6, 6.07) is 11.7. The van der Waals surface area contributed by atoms with Gasteiger partial charge in [-0.15, -0.1) is 13.2 Å². The Hall–Kier alpha value is -1.82. The lowest BCUT2D eigenvalue weighted by Crippen LogP contribution is -2.19. The molecule has 0 aliphatic heterocycles. The summed E-state index contributed by atoms with van der Waals surface area (Å²) in [5.74, 6) is -1.05. The molecule has 0 radical (unpaired) electrons. The van der Waals surface area contributed by atoms with E-state index in [0.29, 0.717) is 4.47 Å². The van der Waals surface area contributed by atoms with Crippen LogP contribution in [0, 0.1) is 0 Å². The van der Waals surface area contributed by atoms with Crippen LogP contribution in [0.25, 0.3) is 0 Å². The number of carbonyl (C=O) groups is 1. The van der Waals surface area contributed by atoms with Gasteiger partial charge >= 0.3 is 6.36 Å². The predicted octanol–water partition coefficient (Wildman–Crippen LogP) is 4.58. The maximum atomic E-state index is 12.3. The smallest absolute Gasteiger partial charge is 0.405 e. The molecule has 6 heteroatoms. The number of ketones is 1. The van der Waals surface area contributed by atoms with Crippen LogP contribution in [0.3, 0.4) is 0 Å². The Morgan fingerprint density at radius 2 is 1.75 bits per heavy atom. The third-order valence-electron chi connectivity index (χ3n) is 2.44. The van der Waals surface area contributed by atoms with Crippen molar-refractivity contribution in [1.82, 2.24) is 0 Å². The number of hydrogen-bond acceptors (Lipinski definition) is 2. The summed E-state index contributed by atoms with van der Waals surface area (Å²) < 4.78 is 41.5. The summed E-state index contributed by atoms with van der Waals surface area (Å²) in [5.41, 5.74) is 0.139. The van der Waals surface area contributed by atoms with Crippen LogP contribution in [-0.4, -0.2) is 12.1 Å². The first-order chi connectivity index (χ1) is 9.37. The minimum atomic E-state index is -4.84. The second-order valence-electron chi connectivity index (χ2n) is 3.88. The van der Waals surface area contributed by atoms with Crippen molar-refractivity contribution in [3.63, 3.8) is 0 Å². The van der Waals surface area contributed by atoms with E-state index in [9.17, 15) is 18.0 Å². The van der Waals surface area contributed by atoms with Gasteiger partial charge in [0.15, 0.2) is 5.78 Å². The van der Waals surface area contributed by atoms with E-state index in [-0.39, 0.29) is 11.1 Å². The monoisotopic (exact) mass is 344 g/mol. The lowest BCUT2D eigenvalue weighted by molar-refractivity contribution is -0.274. The molecule has 0 bridgehead atoms. The van der Waals surface area contributed by atoms with Gasteiger partial charge in [-0.05, 0) is 24.3 Å². The summed E-state index contributed by atoms with van der Waals surface area (Å²) in [7, 11) is 0. The third-order valence-corrected chi connectivity index (χ3v) is 2.94. The molecule has 2 nitrogen and oxygen atoms in total. The molecule has 0 N–H and O–H groups in total. The standard InChI is InChI=1S/C14H8BrF3O2/c15-10-5-3-4-9(8-10)13(19)11-6-1-2-7-12(11)20-14(16,17)18/h1-8H. The molecular formula is C14H8BrF3O2. The normalized spacial score (nSPS) is 11.2. The number of ether oxygens (including phenoxy) is 1. The summed E-state index contributed by atoms with van der Waals surface area (Å²) in [4.78, 5) is 12.2. The van der Waals surface area contributed by atoms with Gasteiger partial charge in [-0.1, -0.05) is 40.2 Å². The number of para-hydroxylation sites is 1. The highest BCUT2D eigenvalue weighted by Gasteiger charge is 2.32. The highest BCUT2D eigenvalue weighted by atomic mass is 79.9. The quantitative estimate of drug-likeness (QED) is 0.762. The number of carbonyl (C=O) groups excluding carboxylic acids is 1. The molecule has 0 spiro atoms. The van der Waals surface area contributed by atoms with Gasteiger partial charge < -0.3 is 4.74 Å². The molecule has 0 amide bonds. The van der Waals surface area contributed by atoms with E-state index in [0.717, 1.165) is 6.07 Å². The van der Waals surface area contributed by atoms with Crippen LogP contribution >= 0.6 is 15.9 Å². The Balaban J connectivity index is 2.40. The summed E-state index contributed by atoms with van der Waals surface area (Å²) in [5, 5.41) is 0. The van der Waals surface area contributed by atoms with E-state index in [2.05, 4.69) is 20.7 Å². The molecule has 2 aromatic rings. The number of alkyl halides is 3. The molecule has 0 aromatic heterocycles. The van der Waals surface area contributed by atoms with Crippen molar-refractivity contribution in [2.45, 2.75) is 6.36 Å². The first-order valence-electron chi connectivity index (χ1n) is 5.52. The van der Waals surface area contributed by atoms with Gasteiger partial charge in [0, 0.05) is 10.0 Å². The minimum absolute atomic E-state index is 0.136. The SMILES string of the molecule is O=C(c1cccc(Br)c1)c1ccccc1OC(F)(F)F. The first kappa shape index (κ1) is 14.6. The number of hydrogen-bond donors (Lipinski definition) is 0. The Morgan fingerprint density at radius 3 is 2.40 bits per heavy atom. The molecule has 2 aromatic carbocycles. The van der Waals surface area contributed by atoms with Gasteiger partial charge in [-0.25, -0.2) is 0 Å². The maximum Gasteiger partial charge on any atom is 0.573 e. The van der Waals surface area contributed by atoms with Crippen LogP contribution in [0.5, 0.6) is 5.75 Å². The Kier molecular flexibility index (Phi) is 4.13. The van der Waals surface area contributed by atoms with E-state index in [1.54, 1.807) is 12.1 Å². The van der Waals surface area contributed by atoms with Crippen molar-refractivity contribution < 1.29 is 22.7 Å². The maximum absolute atomic E-state index is 12.3. The van der Waals surface area contributed by atoms with Crippen LogP contribution < -0.4 is 4.74 Å². The summed E-state index contributed by atoms with van der Waals surface area (Å²) in [6.45, 7) is 0. The third kappa shape index (κ3) is 3.60. The van der Waals surface area contributed by atoms with Crippen molar-refractivity contribution in [2.75, 3.05) is 0 Å². The van der Waals surface area contributed by atoms with Gasteiger partial charge in [0.25, 0.3) is 0 Å². The predicted molar refractivity (Wildman–Crippen MR) is 70.7 cm³/mol. The summed E-state index contributed by atoms with van der Waals surface area (Å²) >= 11 is 3.21. The van der Waals surface area contributed by atoms with Crippen LogP contribution in [0.4, 0.5) is 13.2 Å². The number of halogens is 4. The van der Waals surface area contributed by atoms with Crippen molar-refractivity contribution in [3.05, 3.63) is 64.1 Å². The average Bonchev–Trinajstić information content (AvgIpc) is 2.37. The van der Waals surface area contributed by atoms with Crippen molar-refractivity contribution in [1.29, 1.82) is 0 Å². The Labute approximate surface area is 121 Å². The van der Waals surface area contributed by atoms with Crippen LogP contribution in [0.2, 0.25) is 0 Å². The van der Waals surface area contributed by atoms with E-state index in [4.69, 9.17) is 0 Å². The lowest BCUT2D eigenvalue weighted by Gasteiger charge is -2.12. The van der Waals surface area contributed by atoms with E-state index >= 15 is 0 Å². The lowest BCUT2D eigenvalue weighted by atomic mass is 10.0. The molecule has 2 rings (SSSR count). The molecule has 20 heavy (non-hydrogen) atoms. The molecule has 0 saturated heterocycles. The number of benzene rings is 2. The van der Waals surface area contributed by atoms with Crippen LogP contribution in [0.15, 0.2) is 53.0 Å².